The van der Waals surface area contributed by atoms with E-state index in [1.165, 1.54) is 0 Å². The van der Waals surface area contributed by atoms with Gasteiger partial charge in [0.2, 0.25) is 29.5 Å². The van der Waals surface area contributed by atoms with Crippen molar-refractivity contribution in [3.05, 3.63) is 35.9 Å². The van der Waals surface area contributed by atoms with Crippen molar-refractivity contribution in [1.82, 2.24) is 31.9 Å². The van der Waals surface area contributed by atoms with Crippen molar-refractivity contribution in [3.63, 3.8) is 0 Å². The summed E-state index contributed by atoms with van der Waals surface area (Å²) in [5, 5.41) is 24.4. The van der Waals surface area contributed by atoms with Crippen LogP contribution in [0.2, 0.25) is 0 Å². The van der Waals surface area contributed by atoms with E-state index in [1.54, 1.807) is 58.9 Å². The third-order valence-corrected chi connectivity index (χ3v) is 7.55. The Bertz CT molecular complexity index is 1140. The van der Waals surface area contributed by atoms with Gasteiger partial charge in [-0.2, -0.15) is 0 Å². The third kappa shape index (κ3) is 10.3. The van der Waals surface area contributed by atoms with Crippen molar-refractivity contribution in [2.24, 2.45) is 11.7 Å². The normalized spacial score (nSPS) is 25.3. The summed E-state index contributed by atoms with van der Waals surface area (Å²) in [4.78, 5) is 66.9. The number of carbonyl (C=O) groups is 5. The minimum atomic E-state index is -1.36. The lowest BCUT2D eigenvalue weighted by molar-refractivity contribution is -0.138. The molecule has 0 spiro atoms. The summed E-state index contributed by atoms with van der Waals surface area (Å²) in [5.41, 5.74) is 4.83. The van der Waals surface area contributed by atoms with Crippen LogP contribution >= 0.6 is 0 Å². The Morgan fingerprint density at radius 1 is 1.00 bits per heavy atom. The summed E-state index contributed by atoms with van der Waals surface area (Å²) in [7, 11) is 0. The number of rotatable bonds is 7. The average molecular weight is 601 g/mol. The van der Waals surface area contributed by atoms with Crippen LogP contribution in [-0.2, 0) is 24.0 Å². The van der Waals surface area contributed by atoms with Gasteiger partial charge < -0.3 is 37.6 Å². The molecule has 1 aliphatic rings. The highest BCUT2D eigenvalue weighted by Crippen LogP contribution is 2.19. The summed E-state index contributed by atoms with van der Waals surface area (Å²) in [6.45, 7) is 8.87. The number of benzene rings is 1. The van der Waals surface area contributed by atoms with Crippen LogP contribution in [-0.4, -0.2) is 65.7 Å². The van der Waals surface area contributed by atoms with Gasteiger partial charge in [0.25, 0.3) is 0 Å². The van der Waals surface area contributed by atoms with Crippen molar-refractivity contribution in [2.75, 3.05) is 6.54 Å². The molecule has 1 heterocycles. The lowest BCUT2D eigenvalue weighted by Crippen LogP contribution is -2.66. The topological polar surface area (TPSA) is 207 Å². The smallest absolute Gasteiger partial charge is 0.247 e. The average Bonchev–Trinajstić information content (AvgIpc) is 2.97. The van der Waals surface area contributed by atoms with E-state index < -0.39 is 53.4 Å². The highest BCUT2D eigenvalue weighted by Gasteiger charge is 2.40. The van der Waals surface area contributed by atoms with Gasteiger partial charge in [0.1, 0.15) is 23.7 Å². The maximum atomic E-state index is 13.8. The molecule has 0 aromatic heterocycles. The third-order valence-electron chi connectivity index (χ3n) is 7.55. The number of amides is 5. The van der Waals surface area contributed by atoms with Crippen LogP contribution in [0.3, 0.4) is 0 Å². The van der Waals surface area contributed by atoms with Crippen LogP contribution in [0.5, 0.6) is 0 Å². The van der Waals surface area contributed by atoms with Crippen molar-refractivity contribution >= 4 is 35.5 Å². The van der Waals surface area contributed by atoms with Crippen LogP contribution < -0.4 is 37.6 Å². The van der Waals surface area contributed by atoms with Crippen molar-refractivity contribution < 1.29 is 24.0 Å². The number of guanidine groups is 1. The number of hydrogen-bond donors (Lipinski definition) is 8. The van der Waals surface area contributed by atoms with Gasteiger partial charge in [-0.25, -0.2) is 0 Å². The van der Waals surface area contributed by atoms with Crippen LogP contribution in [0.15, 0.2) is 30.3 Å². The maximum absolute atomic E-state index is 13.8. The largest absolute Gasteiger partial charge is 0.370 e. The molecule has 0 aliphatic carbocycles. The molecule has 9 N–H and O–H groups in total. The van der Waals surface area contributed by atoms with E-state index in [-0.39, 0.29) is 30.6 Å². The lowest BCUT2D eigenvalue weighted by atomic mass is 9.91. The second-order valence-electron chi connectivity index (χ2n) is 11.4. The van der Waals surface area contributed by atoms with E-state index >= 15 is 0 Å². The minimum absolute atomic E-state index is 0.195. The summed E-state index contributed by atoms with van der Waals surface area (Å²) < 4.78 is 0. The predicted octanol–water partition coefficient (Wildman–Crippen LogP) is 0.706. The first kappa shape index (κ1) is 35.0. The zero-order valence-corrected chi connectivity index (χ0v) is 25.8. The summed E-state index contributed by atoms with van der Waals surface area (Å²) in [5.74, 6) is -3.31. The molecular weight excluding hydrogens is 552 g/mol. The second kappa shape index (κ2) is 16.5. The molecule has 43 heavy (non-hydrogen) atoms. The molecule has 1 aromatic rings. The molecule has 5 amide bonds. The van der Waals surface area contributed by atoms with Crippen LogP contribution in [0.4, 0.5) is 0 Å². The van der Waals surface area contributed by atoms with E-state index in [2.05, 4.69) is 31.9 Å². The van der Waals surface area contributed by atoms with Crippen LogP contribution in [0.25, 0.3) is 0 Å². The first-order valence-corrected chi connectivity index (χ1v) is 15.0. The van der Waals surface area contributed by atoms with E-state index in [0.717, 1.165) is 0 Å². The number of nitrogens with two attached hydrogens (primary N) is 1. The van der Waals surface area contributed by atoms with Crippen molar-refractivity contribution in [1.29, 1.82) is 5.41 Å². The zero-order valence-electron chi connectivity index (χ0n) is 25.8. The number of nitrogens with one attached hydrogen (secondary N) is 7. The van der Waals surface area contributed by atoms with E-state index in [0.29, 0.717) is 37.8 Å². The molecule has 0 saturated carbocycles. The van der Waals surface area contributed by atoms with Gasteiger partial charge in [-0.3, -0.25) is 29.4 Å². The molecule has 1 unspecified atom stereocenters. The Kier molecular flexibility index (Phi) is 13.4. The maximum Gasteiger partial charge on any atom is 0.247 e. The van der Waals surface area contributed by atoms with Crippen molar-refractivity contribution in [2.45, 2.75) is 103 Å². The molecule has 0 radical (unpaired) electrons. The Labute approximate surface area is 253 Å². The van der Waals surface area contributed by atoms with Gasteiger partial charge in [-0.05, 0) is 38.2 Å². The molecule has 5 atom stereocenters. The lowest BCUT2D eigenvalue weighted by Gasteiger charge is -2.35. The SMILES string of the molecule is CCC(NC(=N)N)[C@@H]1NC(=O)[C@](C)(NC(=O)C(C)C)CCCCCNC(=O)[C@@H](c2ccccc2)NC(=O)[C@H](CC)NC1=O. The van der Waals surface area contributed by atoms with Gasteiger partial charge >= 0.3 is 0 Å². The molecule has 0 bridgehead atoms. The van der Waals surface area contributed by atoms with Gasteiger partial charge in [0.05, 0.1) is 6.04 Å². The standard InChI is InChI=1S/C30H48N8O5/c1-6-20(35-29(31)32)23-27(42)34-21(7-2)25(40)36-22(19-14-10-8-11-15-19)26(41)33-17-13-9-12-16-30(5,28(43)37-23)38-24(39)18(3)4/h8,10-11,14-15,18,20-23H,6-7,9,12-13,16-17H2,1-5H3,(H,33,41)(H,34,42)(H,36,40)(H,37,43)(H,38,39)(H4,31,32,35)/t20?,21-,22+,23-,30+/m0/s1. The van der Waals surface area contributed by atoms with Crippen molar-refractivity contribution in [3.8, 4) is 0 Å². The molecule has 2 rings (SSSR count). The molecule has 1 saturated heterocycles. The fourth-order valence-electron chi connectivity index (χ4n) is 4.82. The van der Waals surface area contributed by atoms with E-state index in [9.17, 15) is 24.0 Å². The summed E-state index contributed by atoms with van der Waals surface area (Å²) in [6.07, 6.45) is 2.58. The fourth-order valence-corrected chi connectivity index (χ4v) is 4.82. The zero-order chi connectivity index (χ0) is 32.2. The molecule has 1 aromatic carbocycles. The number of carbonyl (C=O) groups excluding carboxylic acids is 5. The van der Waals surface area contributed by atoms with E-state index in [1.807, 2.05) is 6.07 Å². The van der Waals surface area contributed by atoms with Crippen LogP contribution in [0.1, 0.15) is 84.7 Å². The van der Waals surface area contributed by atoms with E-state index in [4.69, 9.17) is 11.1 Å². The number of hydrogen-bond acceptors (Lipinski definition) is 6. The molecule has 1 fully saturated rings. The molecule has 1 aliphatic heterocycles. The molecule has 238 valence electrons. The van der Waals surface area contributed by atoms with Gasteiger partial charge in [-0.15, -0.1) is 0 Å². The highest BCUT2D eigenvalue weighted by atomic mass is 16.2. The molecule has 13 nitrogen and oxygen atoms in total. The first-order chi connectivity index (χ1) is 20.3. The highest BCUT2D eigenvalue weighted by molar-refractivity contribution is 5.97. The summed E-state index contributed by atoms with van der Waals surface area (Å²) >= 11 is 0. The molecule has 13 heteroatoms. The monoisotopic (exact) mass is 600 g/mol. The Balaban J connectivity index is 2.51. The Morgan fingerprint density at radius 2 is 1.67 bits per heavy atom. The van der Waals surface area contributed by atoms with Crippen LogP contribution in [0, 0.1) is 11.3 Å². The van der Waals surface area contributed by atoms with Gasteiger partial charge in [-0.1, -0.05) is 70.9 Å². The van der Waals surface area contributed by atoms with Gasteiger partial charge in [0.15, 0.2) is 5.96 Å². The minimum Gasteiger partial charge on any atom is -0.370 e. The quantitative estimate of drug-likeness (QED) is 0.166. The Morgan fingerprint density at radius 3 is 2.26 bits per heavy atom. The predicted molar refractivity (Wildman–Crippen MR) is 163 cm³/mol. The fraction of sp³-hybridized carbons (Fsp3) is 0.600. The second-order valence-corrected chi connectivity index (χ2v) is 11.4. The summed E-state index contributed by atoms with van der Waals surface area (Å²) in [6, 6.07) is 4.76. The Hall–Kier alpha value is -4.16. The van der Waals surface area contributed by atoms with Gasteiger partial charge in [0, 0.05) is 12.5 Å². The first-order valence-electron chi connectivity index (χ1n) is 15.0. The molecular formula is C30H48N8O5.